The summed E-state index contributed by atoms with van der Waals surface area (Å²) in [5.74, 6) is -0.855. The van der Waals surface area contributed by atoms with Crippen LogP contribution in [-0.2, 0) is 13.0 Å². The second kappa shape index (κ2) is 5.44. The van der Waals surface area contributed by atoms with Gasteiger partial charge in [0.25, 0.3) is 0 Å². The second-order valence-electron chi connectivity index (χ2n) is 4.33. The first-order chi connectivity index (χ1) is 8.67. The Bertz CT molecular complexity index is 549. The van der Waals surface area contributed by atoms with Gasteiger partial charge in [-0.2, -0.15) is 0 Å². The summed E-state index contributed by atoms with van der Waals surface area (Å²) in [5.41, 5.74) is 6.67. The zero-order chi connectivity index (χ0) is 13.1. The summed E-state index contributed by atoms with van der Waals surface area (Å²) in [7, 11) is 0. The molecule has 2 aromatic rings. The maximum Gasteiger partial charge on any atom is 0.161 e. The van der Waals surface area contributed by atoms with Gasteiger partial charge in [0.1, 0.15) is 5.82 Å². The van der Waals surface area contributed by atoms with Gasteiger partial charge in [-0.25, -0.2) is 13.8 Å². The van der Waals surface area contributed by atoms with E-state index in [0.29, 0.717) is 24.1 Å². The quantitative estimate of drug-likeness (QED) is 0.890. The number of halogens is 2. The number of nitrogens with two attached hydrogens (primary N) is 1. The summed E-state index contributed by atoms with van der Waals surface area (Å²) in [6, 6.07) is 2.34. The molecule has 0 aliphatic rings. The first-order valence-electron chi connectivity index (χ1n) is 6.21. The lowest BCUT2D eigenvalue weighted by Gasteiger charge is -2.07. The lowest BCUT2D eigenvalue weighted by atomic mass is 10.2. The van der Waals surface area contributed by atoms with Crippen molar-refractivity contribution in [1.82, 2.24) is 9.55 Å². The van der Waals surface area contributed by atoms with Crippen LogP contribution >= 0.6 is 0 Å². The van der Waals surface area contributed by atoms with Gasteiger partial charge in [0.2, 0.25) is 0 Å². The van der Waals surface area contributed by atoms with Crippen molar-refractivity contribution in [2.24, 2.45) is 5.73 Å². The lowest BCUT2D eigenvalue weighted by molar-refractivity contribution is 0.510. The number of fused-ring (bicyclic) bond motifs is 1. The van der Waals surface area contributed by atoms with E-state index in [2.05, 4.69) is 11.9 Å². The topological polar surface area (TPSA) is 43.8 Å². The number of nitrogens with zero attached hydrogens (tertiary/aromatic N) is 2. The largest absolute Gasteiger partial charge is 0.329 e. The van der Waals surface area contributed by atoms with Gasteiger partial charge in [-0.3, -0.25) is 0 Å². The van der Waals surface area contributed by atoms with E-state index in [0.717, 1.165) is 31.2 Å². The van der Waals surface area contributed by atoms with Crippen molar-refractivity contribution < 1.29 is 8.78 Å². The Labute approximate surface area is 105 Å². The summed E-state index contributed by atoms with van der Waals surface area (Å²) in [6.07, 6.45) is 2.85. The normalized spacial score (nSPS) is 11.3. The summed E-state index contributed by atoms with van der Waals surface area (Å²) in [5, 5.41) is 0. The number of hydrogen-bond acceptors (Lipinski definition) is 2. The molecule has 1 aromatic carbocycles. The molecule has 18 heavy (non-hydrogen) atoms. The van der Waals surface area contributed by atoms with Gasteiger partial charge in [0, 0.05) is 31.6 Å². The minimum absolute atomic E-state index is 0.448. The lowest BCUT2D eigenvalue weighted by Crippen LogP contribution is -2.12. The van der Waals surface area contributed by atoms with Crippen molar-refractivity contribution in [3.05, 3.63) is 29.6 Å². The highest BCUT2D eigenvalue weighted by molar-refractivity contribution is 5.76. The molecule has 98 valence electrons. The van der Waals surface area contributed by atoms with Crippen LogP contribution in [0.1, 0.15) is 25.6 Å². The average Bonchev–Trinajstić information content (AvgIpc) is 2.66. The molecule has 0 fully saturated rings. The van der Waals surface area contributed by atoms with E-state index in [9.17, 15) is 8.78 Å². The number of benzene rings is 1. The Hall–Kier alpha value is -1.49. The Morgan fingerprint density at radius 3 is 2.67 bits per heavy atom. The Morgan fingerprint density at radius 2 is 2.00 bits per heavy atom. The molecule has 0 unspecified atom stereocenters. The summed E-state index contributed by atoms with van der Waals surface area (Å²) < 4.78 is 28.3. The number of hydrogen-bond donors (Lipinski definition) is 1. The van der Waals surface area contributed by atoms with Crippen LogP contribution in [0.15, 0.2) is 12.1 Å². The molecule has 0 radical (unpaired) electrons. The highest BCUT2D eigenvalue weighted by Gasteiger charge is 2.13. The second-order valence-corrected chi connectivity index (χ2v) is 4.33. The third-order valence-corrected chi connectivity index (χ3v) is 2.98. The summed E-state index contributed by atoms with van der Waals surface area (Å²) in [4.78, 5) is 4.37. The van der Waals surface area contributed by atoms with Gasteiger partial charge in [-0.15, -0.1) is 0 Å². The summed E-state index contributed by atoms with van der Waals surface area (Å²) in [6.45, 7) is 3.11. The van der Waals surface area contributed by atoms with Crippen LogP contribution < -0.4 is 5.73 Å². The van der Waals surface area contributed by atoms with E-state index >= 15 is 0 Å². The number of aryl methyl sites for hydroxylation is 1. The fraction of sp³-hybridized carbons (Fsp3) is 0.462. The Kier molecular flexibility index (Phi) is 3.91. The first kappa shape index (κ1) is 13.0. The van der Waals surface area contributed by atoms with Crippen LogP contribution in [0.2, 0.25) is 0 Å². The van der Waals surface area contributed by atoms with Gasteiger partial charge in [-0.1, -0.05) is 13.3 Å². The minimum atomic E-state index is -0.859. The van der Waals surface area contributed by atoms with Crippen molar-refractivity contribution in [2.45, 2.75) is 32.7 Å². The molecular formula is C13H17F2N3. The Morgan fingerprint density at radius 1 is 1.28 bits per heavy atom. The number of aromatic nitrogens is 2. The van der Waals surface area contributed by atoms with E-state index < -0.39 is 11.6 Å². The smallest absolute Gasteiger partial charge is 0.161 e. The van der Waals surface area contributed by atoms with Gasteiger partial charge >= 0.3 is 0 Å². The predicted molar refractivity (Wildman–Crippen MR) is 67.3 cm³/mol. The molecule has 3 nitrogen and oxygen atoms in total. The van der Waals surface area contributed by atoms with E-state index in [1.807, 2.05) is 4.57 Å². The molecule has 0 saturated carbocycles. The van der Waals surface area contributed by atoms with E-state index in [1.54, 1.807) is 0 Å². The van der Waals surface area contributed by atoms with Crippen LogP contribution in [0.25, 0.3) is 11.0 Å². The zero-order valence-electron chi connectivity index (χ0n) is 10.4. The minimum Gasteiger partial charge on any atom is -0.329 e. The van der Waals surface area contributed by atoms with Gasteiger partial charge in [0.05, 0.1) is 11.0 Å². The molecule has 0 amide bonds. The molecule has 0 spiro atoms. The molecule has 0 aliphatic carbocycles. The van der Waals surface area contributed by atoms with Crippen LogP contribution in [0.4, 0.5) is 8.78 Å². The fourth-order valence-corrected chi connectivity index (χ4v) is 2.07. The average molecular weight is 253 g/mol. The van der Waals surface area contributed by atoms with Gasteiger partial charge < -0.3 is 10.3 Å². The van der Waals surface area contributed by atoms with Crippen LogP contribution in [-0.4, -0.2) is 16.1 Å². The summed E-state index contributed by atoms with van der Waals surface area (Å²) >= 11 is 0. The molecule has 5 heteroatoms. The zero-order valence-corrected chi connectivity index (χ0v) is 10.4. The molecule has 2 rings (SSSR count). The maximum atomic E-state index is 13.3. The standard InChI is InChI=1S/C13H17F2N3/c1-2-3-4-13-17-11-7-9(14)10(15)8-12(11)18(13)6-5-16/h7-8H,2-6,16H2,1H3. The number of rotatable bonds is 5. The molecule has 0 saturated heterocycles. The van der Waals surface area contributed by atoms with Gasteiger partial charge in [-0.05, 0) is 6.42 Å². The molecule has 0 aliphatic heterocycles. The van der Waals surface area contributed by atoms with Crippen molar-refractivity contribution >= 4 is 11.0 Å². The van der Waals surface area contributed by atoms with Gasteiger partial charge in [0.15, 0.2) is 11.6 Å². The van der Waals surface area contributed by atoms with Crippen LogP contribution in [0.5, 0.6) is 0 Å². The SMILES string of the molecule is CCCCc1nc2cc(F)c(F)cc2n1CCN. The van der Waals surface area contributed by atoms with Crippen LogP contribution in [0, 0.1) is 11.6 Å². The molecule has 1 heterocycles. The van der Waals surface area contributed by atoms with Crippen molar-refractivity contribution in [2.75, 3.05) is 6.54 Å². The molecule has 1 aromatic heterocycles. The Balaban J connectivity index is 2.52. The van der Waals surface area contributed by atoms with Crippen LogP contribution in [0.3, 0.4) is 0 Å². The van der Waals surface area contributed by atoms with E-state index in [1.165, 1.54) is 6.07 Å². The highest BCUT2D eigenvalue weighted by atomic mass is 19.2. The fourth-order valence-electron chi connectivity index (χ4n) is 2.07. The third-order valence-electron chi connectivity index (χ3n) is 2.98. The van der Waals surface area contributed by atoms with E-state index in [4.69, 9.17) is 5.73 Å². The molecule has 0 atom stereocenters. The van der Waals surface area contributed by atoms with Crippen molar-refractivity contribution in [1.29, 1.82) is 0 Å². The number of imidazole rings is 1. The maximum absolute atomic E-state index is 13.3. The number of unbranched alkanes of at least 4 members (excludes halogenated alkanes) is 1. The third kappa shape index (κ3) is 2.36. The first-order valence-corrected chi connectivity index (χ1v) is 6.21. The van der Waals surface area contributed by atoms with Crippen molar-refractivity contribution in [3.63, 3.8) is 0 Å². The van der Waals surface area contributed by atoms with Crippen molar-refractivity contribution in [3.8, 4) is 0 Å². The van der Waals surface area contributed by atoms with E-state index in [-0.39, 0.29) is 0 Å². The monoisotopic (exact) mass is 253 g/mol. The molecule has 0 bridgehead atoms. The molecular weight excluding hydrogens is 236 g/mol. The molecule has 2 N–H and O–H groups in total. The highest BCUT2D eigenvalue weighted by Crippen LogP contribution is 2.21. The predicted octanol–water partition coefficient (Wildman–Crippen LogP) is 2.62.